The van der Waals surface area contributed by atoms with Crippen LogP contribution in [0.5, 0.6) is 0 Å². The van der Waals surface area contributed by atoms with Crippen LogP contribution in [-0.2, 0) is 22.2 Å². The maximum absolute atomic E-state index is 12.7. The van der Waals surface area contributed by atoms with Crippen LogP contribution in [0.1, 0.15) is 19.0 Å². The summed E-state index contributed by atoms with van der Waals surface area (Å²) in [5.74, 6) is -0.234. The molecule has 0 bridgehead atoms. The van der Waals surface area contributed by atoms with Crippen molar-refractivity contribution in [3.05, 3.63) is 22.0 Å². The van der Waals surface area contributed by atoms with Crippen LogP contribution in [0.25, 0.3) is 0 Å². The van der Waals surface area contributed by atoms with Crippen molar-refractivity contribution < 1.29 is 14.0 Å². The molecule has 9 nitrogen and oxygen atoms in total. The predicted octanol–water partition coefficient (Wildman–Crippen LogP) is 2.80. The fraction of sp³-hybridized carbons (Fsp3) is 0.727. The van der Waals surface area contributed by atoms with Crippen LogP contribution in [0.15, 0.2) is 6.20 Å². The van der Waals surface area contributed by atoms with Crippen LogP contribution in [0, 0.1) is 10.1 Å². The van der Waals surface area contributed by atoms with Crippen LogP contribution in [0.3, 0.4) is 0 Å². The summed E-state index contributed by atoms with van der Waals surface area (Å²) < 4.78 is 19.6. The monoisotopic (exact) mass is 475 g/mol. The lowest BCUT2D eigenvalue weighted by Crippen LogP contribution is -2.27. The molecule has 0 aliphatic carbocycles. The quantitative estimate of drug-likeness (QED) is 0.206. The van der Waals surface area contributed by atoms with Gasteiger partial charge in [-0.25, -0.2) is 14.7 Å². The zero-order valence-corrected chi connectivity index (χ0v) is 16.8. The summed E-state index contributed by atoms with van der Waals surface area (Å²) in [5, 5.41) is 17.9. The molecule has 0 aliphatic rings. The molecule has 0 aromatic carbocycles. The van der Waals surface area contributed by atoms with E-state index in [1.54, 1.807) is 0 Å². The Bertz CT molecular complexity index is 545. The van der Waals surface area contributed by atoms with Crippen molar-refractivity contribution in [2.24, 2.45) is 0 Å². The first kappa shape index (κ1) is 20.7. The summed E-state index contributed by atoms with van der Waals surface area (Å²) in [4.78, 5) is 14.2. The van der Waals surface area contributed by atoms with Crippen LogP contribution >= 0.6 is 39.5 Å². The summed E-state index contributed by atoms with van der Waals surface area (Å²) in [7, 11) is -3.24. The molecular formula is C11H20Br2N5O4P. The average Bonchev–Trinajstić information content (AvgIpc) is 2.93. The van der Waals surface area contributed by atoms with Crippen molar-refractivity contribution in [3.63, 3.8) is 0 Å². The van der Waals surface area contributed by atoms with Crippen molar-refractivity contribution in [1.82, 2.24) is 19.7 Å². The normalized spacial score (nSPS) is 11.8. The van der Waals surface area contributed by atoms with Gasteiger partial charge in [-0.15, -0.1) is 0 Å². The standard InChI is InChI=1S/C11H20Br2N5O4P/c1-2-7-17-10(8-14-11(17)18(19)20)9-22-23(21,15-5-3-12)16-6-4-13/h8H,2-7,9H2,1H3,(H2,15,16,21). The van der Waals surface area contributed by atoms with Gasteiger partial charge in [-0.1, -0.05) is 43.8 Å². The van der Waals surface area contributed by atoms with E-state index in [0.717, 1.165) is 0 Å². The van der Waals surface area contributed by atoms with Gasteiger partial charge in [-0.05, 0) is 11.3 Å². The number of nitrogens with zero attached hydrogens (tertiary/aromatic N) is 3. The van der Waals surface area contributed by atoms with Gasteiger partial charge in [0.05, 0.1) is 6.54 Å². The summed E-state index contributed by atoms with van der Waals surface area (Å²) in [6.07, 6.45) is 2.10. The molecular weight excluding hydrogens is 457 g/mol. The highest BCUT2D eigenvalue weighted by molar-refractivity contribution is 9.09. The Morgan fingerprint density at radius 2 is 2.00 bits per heavy atom. The molecule has 0 saturated carbocycles. The number of aromatic nitrogens is 2. The highest BCUT2D eigenvalue weighted by atomic mass is 79.9. The molecule has 0 unspecified atom stereocenters. The molecule has 0 amide bonds. The molecule has 1 aromatic heterocycles. The number of imidazole rings is 1. The Labute approximate surface area is 151 Å². The van der Waals surface area contributed by atoms with Gasteiger partial charge >= 0.3 is 13.6 Å². The average molecular weight is 477 g/mol. The molecule has 12 heteroatoms. The van der Waals surface area contributed by atoms with Gasteiger partial charge in [0.15, 0.2) is 0 Å². The van der Waals surface area contributed by atoms with E-state index in [0.29, 0.717) is 42.4 Å². The van der Waals surface area contributed by atoms with E-state index < -0.39 is 12.6 Å². The van der Waals surface area contributed by atoms with Gasteiger partial charge in [0, 0.05) is 23.7 Å². The fourth-order valence-corrected chi connectivity index (χ4v) is 4.24. The number of alkyl halides is 2. The molecule has 132 valence electrons. The van der Waals surface area contributed by atoms with Crippen LogP contribution in [0.4, 0.5) is 5.95 Å². The van der Waals surface area contributed by atoms with E-state index in [1.807, 2.05) is 6.92 Å². The third-order valence-electron chi connectivity index (χ3n) is 2.75. The molecule has 1 rings (SSSR count). The molecule has 0 fully saturated rings. The van der Waals surface area contributed by atoms with Crippen LogP contribution in [0.2, 0.25) is 0 Å². The Balaban J connectivity index is 2.84. The summed E-state index contributed by atoms with van der Waals surface area (Å²) in [5.41, 5.74) is 0.514. The first-order chi connectivity index (χ1) is 11.0. The third kappa shape index (κ3) is 6.60. The minimum Gasteiger partial charge on any atom is -0.390 e. The number of rotatable bonds is 12. The minimum atomic E-state index is -3.24. The number of nitro groups is 1. The molecule has 1 heterocycles. The SMILES string of the molecule is CCCn1c(COP(=O)(NCCBr)NCCBr)cnc1[N+](=O)[O-]. The highest BCUT2D eigenvalue weighted by Crippen LogP contribution is 2.38. The Morgan fingerprint density at radius 1 is 1.39 bits per heavy atom. The zero-order chi connectivity index (χ0) is 17.3. The van der Waals surface area contributed by atoms with Gasteiger partial charge in [0.25, 0.3) is 0 Å². The highest BCUT2D eigenvalue weighted by Gasteiger charge is 2.25. The Kier molecular flexibility index (Phi) is 9.48. The topological polar surface area (TPSA) is 111 Å². The van der Waals surface area contributed by atoms with E-state index in [9.17, 15) is 14.7 Å². The number of hydrogen-bond acceptors (Lipinski definition) is 5. The van der Waals surface area contributed by atoms with Gasteiger partial charge < -0.3 is 10.1 Å². The maximum atomic E-state index is 12.7. The first-order valence-electron chi connectivity index (χ1n) is 7.03. The van der Waals surface area contributed by atoms with E-state index >= 15 is 0 Å². The minimum absolute atomic E-state index is 0.0390. The summed E-state index contributed by atoms with van der Waals surface area (Å²) in [6.45, 7) is 3.24. The molecule has 0 saturated heterocycles. The summed E-state index contributed by atoms with van der Waals surface area (Å²) in [6, 6.07) is 0. The molecule has 0 atom stereocenters. The van der Waals surface area contributed by atoms with E-state index in [4.69, 9.17) is 4.52 Å². The molecule has 0 radical (unpaired) electrons. The van der Waals surface area contributed by atoms with Crippen molar-refractivity contribution >= 4 is 45.5 Å². The molecule has 0 spiro atoms. The molecule has 1 aromatic rings. The lowest BCUT2D eigenvalue weighted by Gasteiger charge is -2.19. The predicted molar refractivity (Wildman–Crippen MR) is 95.2 cm³/mol. The lowest BCUT2D eigenvalue weighted by molar-refractivity contribution is -0.396. The van der Waals surface area contributed by atoms with Gasteiger partial charge in [0.1, 0.15) is 18.5 Å². The van der Waals surface area contributed by atoms with Crippen LogP contribution in [-0.4, -0.2) is 38.2 Å². The second-order valence-corrected chi connectivity index (χ2v) is 8.06. The molecule has 2 N–H and O–H groups in total. The summed E-state index contributed by atoms with van der Waals surface area (Å²) >= 11 is 6.50. The van der Waals surface area contributed by atoms with E-state index in [-0.39, 0.29) is 12.6 Å². The maximum Gasteiger partial charge on any atom is 0.434 e. The second-order valence-electron chi connectivity index (χ2n) is 4.48. The molecule has 23 heavy (non-hydrogen) atoms. The third-order valence-corrected chi connectivity index (χ3v) is 5.32. The largest absolute Gasteiger partial charge is 0.434 e. The fourth-order valence-electron chi connectivity index (χ4n) is 1.81. The lowest BCUT2D eigenvalue weighted by atomic mass is 10.4. The van der Waals surface area contributed by atoms with E-state index in [1.165, 1.54) is 10.8 Å². The number of halogens is 2. The van der Waals surface area contributed by atoms with Crippen molar-refractivity contribution in [2.75, 3.05) is 23.7 Å². The Morgan fingerprint density at radius 3 is 2.48 bits per heavy atom. The van der Waals surface area contributed by atoms with Crippen LogP contribution < -0.4 is 10.2 Å². The van der Waals surface area contributed by atoms with Crippen molar-refractivity contribution in [3.8, 4) is 0 Å². The van der Waals surface area contributed by atoms with Gasteiger partial charge in [0.2, 0.25) is 0 Å². The van der Waals surface area contributed by atoms with Gasteiger partial charge in [-0.2, -0.15) is 0 Å². The molecule has 0 aliphatic heterocycles. The Hall–Kier alpha value is -0.320. The smallest absolute Gasteiger partial charge is 0.390 e. The zero-order valence-electron chi connectivity index (χ0n) is 12.7. The van der Waals surface area contributed by atoms with E-state index in [2.05, 4.69) is 47.0 Å². The van der Waals surface area contributed by atoms with Gasteiger partial charge in [-0.3, -0.25) is 9.09 Å². The number of hydrogen-bond donors (Lipinski definition) is 2. The number of nitrogens with one attached hydrogen (secondary N) is 2. The first-order valence-corrected chi connectivity index (χ1v) is 10.9. The van der Waals surface area contributed by atoms with Crippen molar-refractivity contribution in [2.45, 2.75) is 26.5 Å². The second kappa shape index (κ2) is 10.5. The van der Waals surface area contributed by atoms with Crippen molar-refractivity contribution in [1.29, 1.82) is 0 Å².